The molecule has 1 aromatic rings. The second-order valence-corrected chi connectivity index (χ2v) is 6.08. The lowest BCUT2D eigenvalue weighted by atomic mass is 10.1. The van der Waals surface area contributed by atoms with Crippen molar-refractivity contribution in [2.75, 3.05) is 0 Å². The van der Waals surface area contributed by atoms with Gasteiger partial charge in [0.2, 0.25) is 0 Å². The molecule has 1 saturated carbocycles. The summed E-state index contributed by atoms with van der Waals surface area (Å²) < 4.78 is 6.49. The molecule has 1 aliphatic carbocycles. The molecule has 0 amide bonds. The van der Waals surface area contributed by atoms with E-state index in [-0.39, 0.29) is 12.1 Å². The second kappa shape index (κ2) is 6.62. The fourth-order valence-corrected chi connectivity index (χ4v) is 3.09. The maximum Gasteiger partial charge on any atom is 0.339 e. The zero-order valence-corrected chi connectivity index (χ0v) is 12.7. The fraction of sp³-hybridized carbons (Fsp3) is 0.500. The summed E-state index contributed by atoms with van der Waals surface area (Å²) in [6.07, 6.45) is 6.89. The first kappa shape index (κ1) is 13.9. The van der Waals surface area contributed by atoms with Gasteiger partial charge in [-0.05, 0) is 43.9 Å². The van der Waals surface area contributed by atoms with Crippen molar-refractivity contribution in [3.63, 3.8) is 0 Å². The minimum absolute atomic E-state index is 0.0800. The molecule has 0 aromatic heterocycles. The van der Waals surface area contributed by atoms with E-state index in [1.165, 1.54) is 12.8 Å². The zero-order valence-electron chi connectivity index (χ0n) is 10.2. The van der Waals surface area contributed by atoms with E-state index in [2.05, 4.69) is 28.6 Å². The van der Waals surface area contributed by atoms with Crippen molar-refractivity contribution in [2.45, 2.75) is 49.5 Å². The molecule has 1 aromatic carbocycles. The third-order valence-corrected chi connectivity index (χ3v) is 4.12. The second-order valence-electron chi connectivity index (χ2n) is 4.68. The van der Waals surface area contributed by atoms with Crippen molar-refractivity contribution in [3.8, 4) is 0 Å². The third kappa shape index (κ3) is 3.75. The first-order valence-corrected chi connectivity index (χ1v) is 7.60. The molecule has 98 valence electrons. The number of hydrogen-bond acceptors (Lipinski definition) is 3. The number of esters is 1. The molecule has 0 aliphatic heterocycles. The van der Waals surface area contributed by atoms with Crippen LogP contribution in [0.3, 0.4) is 0 Å². The average molecular weight is 329 g/mol. The summed E-state index contributed by atoms with van der Waals surface area (Å²) in [5.41, 5.74) is 0.547. The van der Waals surface area contributed by atoms with Crippen LogP contribution in [0, 0.1) is 0 Å². The number of thiol groups is 1. The van der Waals surface area contributed by atoms with E-state index in [1.54, 1.807) is 6.07 Å². The van der Waals surface area contributed by atoms with Crippen LogP contribution in [0.5, 0.6) is 0 Å². The zero-order chi connectivity index (χ0) is 13.0. The van der Waals surface area contributed by atoms with Gasteiger partial charge in [-0.15, -0.1) is 12.6 Å². The number of halogens is 1. The Labute approximate surface area is 122 Å². The van der Waals surface area contributed by atoms with Gasteiger partial charge < -0.3 is 4.74 Å². The summed E-state index contributed by atoms with van der Waals surface area (Å²) in [4.78, 5) is 12.7. The van der Waals surface area contributed by atoms with Crippen molar-refractivity contribution in [1.82, 2.24) is 0 Å². The monoisotopic (exact) mass is 328 g/mol. The maximum atomic E-state index is 12.1. The van der Waals surface area contributed by atoms with Crippen molar-refractivity contribution in [3.05, 3.63) is 28.2 Å². The van der Waals surface area contributed by atoms with Crippen LogP contribution >= 0.6 is 28.6 Å². The van der Waals surface area contributed by atoms with Gasteiger partial charge >= 0.3 is 5.97 Å². The van der Waals surface area contributed by atoms with Gasteiger partial charge in [-0.3, -0.25) is 0 Å². The molecule has 0 atom stereocenters. The van der Waals surface area contributed by atoms with Crippen molar-refractivity contribution < 1.29 is 9.53 Å². The van der Waals surface area contributed by atoms with Crippen molar-refractivity contribution >= 4 is 34.5 Å². The molecule has 1 aliphatic rings. The standard InChI is InChI=1S/C14H17BrO2S/c15-10-7-8-12(13(18)9-10)14(16)17-11-5-3-1-2-4-6-11/h7-9,11,18H,1-6H2. The molecule has 1 fully saturated rings. The van der Waals surface area contributed by atoms with Gasteiger partial charge in [0.15, 0.2) is 0 Å². The van der Waals surface area contributed by atoms with Crippen LogP contribution in [-0.2, 0) is 4.74 Å². The molecule has 0 unspecified atom stereocenters. The Morgan fingerprint density at radius 2 is 1.89 bits per heavy atom. The van der Waals surface area contributed by atoms with Gasteiger partial charge in [-0.2, -0.15) is 0 Å². The lowest BCUT2D eigenvalue weighted by Crippen LogP contribution is -2.17. The smallest absolute Gasteiger partial charge is 0.339 e. The summed E-state index contributed by atoms with van der Waals surface area (Å²) in [5.74, 6) is -0.251. The predicted molar refractivity (Wildman–Crippen MR) is 78.3 cm³/mol. The molecule has 4 heteroatoms. The normalized spacial score (nSPS) is 17.2. The molecule has 18 heavy (non-hydrogen) atoms. The Kier molecular flexibility index (Phi) is 5.13. The van der Waals surface area contributed by atoms with E-state index in [9.17, 15) is 4.79 Å². The maximum absolute atomic E-state index is 12.1. The highest BCUT2D eigenvalue weighted by Crippen LogP contribution is 2.24. The molecule has 2 rings (SSSR count). The molecule has 0 N–H and O–H groups in total. The molecular formula is C14H17BrO2S. The topological polar surface area (TPSA) is 26.3 Å². The van der Waals surface area contributed by atoms with Gasteiger partial charge in [-0.1, -0.05) is 28.8 Å². The van der Waals surface area contributed by atoms with Gasteiger partial charge in [0.05, 0.1) is 5.56 Å². The Hall–Kier alpha value is -0.480. The van der Waals surface area contributed by atoms with Gasteiger partial charge in [0.25, 0.3) is 0 Å². The van der Waals surface area contributed by atoms with E-state index in [1.807, 2.05) is 12.1 Å². The van der Waals surface area contributed by atoms with Crippen LogP contribution in [0.1, 0.15) is 48.9 Å². The number of hydrogen-bond donors (Lipinski definition) is 1. The van der Waals surface area contributed by atoms with E-state index >= 15 is 0 Å². The van der Waals surface area contributed by atoms with E-state index in [4.69, 9.17) is 4.74 Å². The third-order valence-electron chi connectivity index (χ3n) is 3.26. The molecule has 0 spiro atoms. The van der Waals surface area contributed by atoms with Crippen LogP contribution < -0.4 is 0 Å². The van der Waals surface area contributed by atoms with E-state index in [0.717, 1.165) is 30.2 Å². The highest BCUT2D eigenvalue weighted by Gasteiger charge is 2.19. The molecule has 0 heterocycles. The Morgan fingerprint density at radius 1 is 1.22 bits per heavy atom. The summed E-state index contributed by atoms with van der Waals surface area (Å²) in [6.45, 7) is 0. The first-order valence-electron chi connectivity index (χ1n) is 6.36. The first-order chi connectivity index (χ1) is 8.66. The van der Waals surface area contributed by atoms with Crippen LogP contribution in [0.2, 0.25) is 0 Å². The summed E-state index contributed by atoms with van der Waals surface area (Å²) >= 11 is 7.67. The molecule has 2 nitrogen and oxygen atoms in total. The highest BCUT2D eigenvalue weighted by atomic mass is 79.9. The van der Waals surface area contributed by atoms with Crippen molar-refractivity contribution in [1.29, 1.82) is 0 Å². The van der Waals surface area contributed by atoms with Crippen LogP contribution in [0.4, 0.5) is 0 Å². The largest absolute Gasteiger partial charge is 0.459 e. The predicted octanol–water partition coefficient (Wildman–Crippen LogP) is 4.62. The van der Waals surface area contributed by atoms with Gasteiger partial charge in [0.1, 0.15) is 6.10 Å². The summed E-state index contributed by atoms with van der Waals surface area (Å²) in [7, 11) is 0. The minimum atomic E-state index is -0.251. The number of carbonyl (C=O) groups excluding carboxylic acids is 1. The molecule has 0 radical (unpaired) electrons. The lowest BCUT2D eigenvalue weighted by Gasteiger charge is -2.16. The number of carbonyl (C=O) groups is 1. The van der Waals surface area contributed by atoms with E-state index in [0.29, 0.717) is 10.5 Å². The Morgan fingerprint density at radius 3 is 2.50 bits per heavy atom. The van der Waals surface area contributed by atoms with Gasteiger partial charge in [0, 0.05) is 9.37 Å². The summed E-state index contributed by atoms with van der Waals surface area (Å²) in [5, 5.41) is 0. The van der Waals surface area contributed by atoms with E-state index < -0.39 is 0 Å². The van der Waals surface area contributed by atoms with Crippen molar-refractivity contribution in [2.24, 2.45) is 0 Å². The lowest BCUT2D eigenvalue weighted by molar-refractivity contribution is 0.0263. The molecular weight excluding hydrogens is 312 g/mol. The Bertz CT molecular complexity index is 426. The van der Waals surface area contributed by atoms with Gasteiger partial charge in [-0.25, -0.2) is 4.79 Å². The summed E-state index contributed by atoms with van der Waals surface area (Å²) in [6, 6.07) is 5.40. The number of rotatable bonds is 2. The minimum Gasteiger partial charge on any atom is -0.459 e. The molecule has 0 saturated heterocycles. The quantitative estimate of drug-likeness (QED) is 0.487. The molecule has 0 bridgehead atoms. The highest BCUT2D eigenvalue weighted by molar-refractivity contribution is 9.10. The fourth-order valence-electron chi connectivity index (χ4n) is 2.25. The van der Waals surface area contributed by atoms with Crippen LogP contribution in [-0.4, -0.2) is 12.1 Å². The SMILES string of the molecule is O=C(OC1CCCCCC1)c1ccc(Br)cc1S. The van der Waals surface area contributed by atoms with Crippen LogP contribution in [0.25, 0.3) is 0 Å². The Balaban J connectivity index is 2.02. The van der Waals surface area contributed by atoms with Crippen LogP contribution in [0.15, 0.2) is 27.6 Å². The average Bonchev–Trinajstić information content (AvgIpc) is 2.57. The number of benzene rings is 1. The number of ether oxygens (including phenoxy) is 1.